The number of thioether (sulfide) groups is 1. The van der Waals surface area contributed by atoms with Crippen LogP contribution in [0, 0.1) is 17.2 Å². The summed E-state index contributed by atoms with van der Waals surface area (Å²) < 4.78 is 10.8. The Morgan fingerprint density at radius 2 is 1.94 bits per heavy atom. The van der Waals surface area contributed by atoms with E-state index >= 15 is 0 Å². The van der Waals surface area contributed by atoms with E-state index in [0.29, 0.717) is 20.8 Å². The molecule has 3 rings (SSSR count). The third-order valence-corrected chi connectivity index (χ3v) is 7.44. The molecule has 0 aliphatic carbocycles. The van der Waals surface area contributed by atoms with Gasteiger partial charge in [0.1, 0.15) is 11.7 Å². The largest absolute Gasteiger partial charge is 0.496 e. The number of benzene rings is 1. The summed E-state index contributed by atoms with van der Waals surface area (Å²) in [4.78, 5) is 40.1. The van der Waals surface area contributed by atoms with Crippen molar-refractivity contribution in [1.29, 1.82) is 5.26 Å². The van der Waals surface area contributed by atoms with Crippen LogP contribution in [0.1, 0.15) is 37.2 Å². The smallest absolute Gasteiger partial charge is 0.319 e. The van der Waals surface area contributed by atoms with Crippen LogP contribution in [0.2, 0.25) is 0 Å². The van der Waals surface area contributed by atoms with Crippen LogP contribution in [0.4, 0.5) is 0 Å². The number of nitrogens with one attached hydrogen (secondary N) is 1. The van der Waals surface area contributed by atoms with Crippen LogP contribution in [0.25, 0.3) is 0 Å². The number of halogens is 1. The monoisotopic (exact) mass is 535 g/mol. The number of esters is 1. The predicted molar refractivity (Wildman–Crippen MR) is 127 cm³/mol. The molecule has 0 bridgehead atoms. The summed E-state index contributed by atoms with van der Waals surface area (Å²) in [5.41, 5.74) is 0.803. The van der Waals surface area contributed by atoms with Crippen molar-refractivity contribution in [2.45, 2.75) is 31.6 Å². The molecule has 0 aromatic heterocycles. The van der Waals surface area contributed by atoms with Crippen molar-refractivity contribution in [2.24, 2.45) is 5.92 Å². The molecule has 2 amide bonds. The highest BCUT2D eigenvalue weighted by Gasteiger charge is 2.44. The average molecular weight is 536 g/mol. The average Bonchev–Trinajstić information content (AvgIpc) is 3.11. The summed E-state index contributed by atoms with van der Waals surface area (Å²) in [6.07, 6.45) is 4.19. The van der Waals surface area contributed by atoms with Gasteiger partial charge in [0.05, 0.1) is 41.1 Å². The normalized spacial score (nSPS) is 21.0. The number of hydrogen-bond acceptors (Lipinski definition) is 7. The molecule has 2 aliphatic rings. The number of ether oxygens (including phenoxy) is 2. The van der Waals surface area contributed by atoms with Gasteiger partial charge in [-0.1, -0.05) is 30.7 Å². The second kappa shape index (κ2) is 11.6. The Morgan fingerprint density at radius 1 is 1.24 bits per heavy atom. The lowest BCUT2D eigenvalue weighted by molar-refractivity contribution is -0.150. The number of carbonyl (C=O) groups excluding carboxylic acids is 3. The number of likely N-dealkylation sites (tertiary alicyclic amines) is 1. The van der Waals surface area contributed by atoms with Gasteiger partial charge in [-0.05, 0) is 46.5 Å². The molecular weight excluding hydrogens is 510 g/mol. The molecule has 0 radical (unpaired) electrons. The van der Waals surface area contributed by atoms with Crippen LogP contribution in [0.3, 0.4) is 0 Å². The molecule has 1 N–H and O–H groups in total. The maximum Gasteiger partial charge on any atom is 0.319 e. The highest BCUT2D eigenvalue weighted by atomic mass is 79.9. The number of nitriles is 1. The van der Waals surface area contributed by atoms with E-state index in [-0.39, 0.29) is 17.2 Å². The number of hydrogen-bond donors (Lipinski definition) is 1. The predicted octanol–water partition coefficient (Wildman–Crippen LogP) is 3.33. The first-order valence-corrected chi connectivity index (χ1v) is 12.5. The maximum atomic E-state index is 12.9. The van der Waals surface area contributed by atoms with E-state index in [2.05, 4.69) is 27.3 Å². The van der Waals surface area contributed by atoms with Crippen molar-refractivity contribution in [3.05, 3.63) is 38.8 Å². The molecule has 1 aromatic carbocycles. The van der Waals surface area contributed by atoms with Gasteiger partial charge >= 0.3 is 5.97 Å². The van der Waals surface area contributed by atoms with Gasteiger partial charge in [0.2, 0.25) is 11.8 Å². The third-order valence-electron chi connectivity index (χ3n) is 5.82. The molecule has 2 atom stereocenters. The lowest BCUT2D eigenvalue weighted by atomic mass is 9.78. The number of nitrogens with zero attached hydrogens (tertiary/aromatic N) is 2. The topological polar surface area (TPSA) is 109 Å². The molecule has 0 saturated carbocycles. The quantitative estimate of drug-likeness (QED) is 0.439. The fraction of sp³-hybridized carbons (Fsp3) is 0.478. The first kappa shape index (κ1) is 25.1. The number of carbonyl (C=O) groups is 3. The van der Waals surface area contributed by atoms with Gasteiger partial charge in [0, 0.05) is 19.0 Å². The van der Waals surface area contributed by atoms with E-state index in [1.54, 1.807) is 18.2 Å². The summed E-state index contributed by atoms with van der Waals surface area (Å²) >= 11 is 4.54. The first-order chi connectivity index (χ1) is 15.9. The molecular formula is C23H26BrN3O5S. The van der Waals surface area contributed by atoms with Gasteiger partial charge in [-0.15, -0.1) is 0 Å². The maximum absolute atomic E-state index is 12.9. The molecule has 10 heteroatoms. The van der Waals surface area contributed by atoms with E-state index in [1.807, 2.05) is 4.90 Å². The van der Waals surface area contributed by atoms with Crippen molar-refractivity contribution in [1.82, 2.24) is 10.2 Å². The van der Waals surface area contributed by atoms with Gasteiger partial charge in [-0.3, -0.25) is 14.4 Å². The zero-order chi connectivity index (χ0) is 24.0. The van der Waals surface area contributed by atoms with Gasteiger partial charge in [-0.2, -0.15) is 5.26 Å². The Bertz CT molecular complexity index is 998. The van der Waals surface area contributed by atoms with E-state index in [4.69, 9.17) is 9.47 Å². The standard InChI is InChI=1S/C23H26BrN3O5S/c1-31-17-8-7-14(11-16(17)24)19-15(12-25)22(26-21(29)20(19)23(30)32-2)33-13-18(28)27-9-5-3-4-6-10-27/h7-8,11,19-20H,3-6,9-10,13H2,1-2H3,(H,26,29)/t19-,20-/m0/s1. The van der Waals surface area contributed by atoms with E-state index in [0.717, 1.165) is 50.5 Å². The van der Waals surface area contributed by atoms with Crippen LogP contribution >= 0.6 is 27.7 Å². The van der Waals surface area contributed by atoms with Crippen LogP contribution in [0.15, 0.2) is 33.3 Å². The number of rotatable bonds is 6. The molecule has 8 nitrogen and oxygen atoms in total. The lowest BCUT2D eigenvalue weighted by Gasteiger charge is -2.31. The number of methoxy groups -OCH3 is 2. The molecule has 0 unspecified atom stereocenters. The van der Waals surface area contributed by atoms with Crippen molar-refractivity contribution in [3.63, 3.8) is 0 Å². The summed E-state index contributed by atoms with van der Waals surface area (Å²) in [6, 6.07) is 7.29. The molecule has 2 aliphatic heterocycles. The Morgan fingerprint density at radius 3 is 2.52 bits per heavy atom. The Labute approximate surface area is 205 Å². The highest BCUT2D eigenvalue weighted by molar-refractivity contribution is 9.10. The van der Waals surface area contributed by atoms with Gasteiger partial charge in [0.25, 0.3) is 0 Å². The van der Waals surface area contributed by atoms with Gasteiger partial charge in [0.15, 0.2) is 0 Å². The Hall–Kier alpha value is -2.51. The molecule has 2 heterocycles. The van der Waals surface area contributed by atoms with Crippen molar-refractivity contribution in [3.8, 4) is 11.8 Å². The van der Waals surface area contributed by atoms with Gasteiger partial charge in [-0.25, -0.2) is 0 Å². The lowest BCUT2D eigenvalue weighted by Crippen LogP contribution is -2.44. The molecule has 0 spiro atoms. The SMILES string of the molecule is COC(=O)[C@@H]1C(=O)NC(SCC(=O)N2CCCCCC2)=C(C#N)[C@@H]1c1ccc(OC)c(Br)c1. The minimum Gasteiger partial charge on any atom is -0.496 e. The second-order valence-corrected chi connectivity index (χ2v) is 9.64. The summed E-state index contributed by atoms with van der Waals surface area (Å²) in [5, 5.41) is 13.0. The van der Waals surface area contributed by atoms with Gasteiger partial charge < -0.3 is 19.7 Å². The molecule has 1 aromatic rings. The zero-order valence-electron chi connectivity index (χ0n) is 18.6. The van der Waals surface area contributed by atoms with Crippen molar-refractivity contribution >= 4 is 45.5 Å². The summed E-state index contributed by atoms with van der Waals surface area (Å²) in [6.45, 7) is 1.45. The Balaban J connectivity index is 1.94. The number of allylic oxidation sites excluding steroid dienone is 1. The molecule has 33 heavy (non-hydrogen) atoms. The first-order valence-electron chi connectivity index (χ1n) is 10.7. The van der Waals surface area contributed by atoms with E-state index in [9.17, 15) is 19.6 Å². The fourth-order valence-electron chi connectivity index (χ4n) is 4.10. The highest BCUT2D eigenvalue weighted by Crippen LogP contribution is 2.42. The van der Waals surface area contributed by atoms with E-state index < -0.39 is 23.7 Å². The minimum absolute atomic E-state index is 0.0280. The van der Waals surface area contributed by atoms with Crippen molar-refractivity contribution in [2.75, 3.05) is 33.1 Å². The molecule has 1 fully saturated rings. The van der Waals surface area contributed by atoms with Crippen LogP contribution < -0.4 is 10.1 Å². The molecule has 176 valence electrons. The van der Waals surface area contributed by atoms with Crippen molar-refractivity contribution < 1.29 is 23.9 Å². The fourth-order valence-corrected chi connectivity index (χ4v) is 5.61. The number of amides is 2. The van der Waals surface area contributed by atoms with Crippen LogP contribution in [-0.4, -0.2) is 55.7 Å². The van der Waals surface area contributed by atoms with E-state index in [1.165, 1.54) is 14.2 Å². The zero-order valence-corrected chi connectivity index (χ0v) is 21.0. The Kier molecular flexibility index (Phi) is 8.80. The van der Waals surface area contributed by atoms with Crippen LogP contribution in [-0.2, 0) is 19.1 Å². The minimum atomic E-state index is -1.23. The third kappa shape index (κ3) is 5.71. The second-order valence-electron chi connectivity index (χ2n) is 7.80. The molecule has 1 saturated heterocycles. The summed E-state index contributed by atoms with van der Waals surface area (Å²) in [7, 11) is 2.73. The van der Waals surface area contributed by atoms with Crippen LogP contribution in [0.5, 0.6) is 5.75 Å². The summed E-state index contributed by atoms with van der Waals surface area (Å²) in [5.74, 6) is -2.73.